The van der Waals surface area contributed by atoms with Crippen molar-refractivity contribution in [3.05, 3.63) is 85.1 Å². The largest absolute Gasteiger partial charge is 0.462 e. The summed E-state index contributed by atoms with van der Waals surface area (Å²) in [5, 5.41) is 0. The van der Waals surface area contributed by atoms with Crippen molar-refractivity contribution < 1.29 is 28.6 Å². The molecule has 6 nitrogen and oxygen atoms in total. The zero-order valence-electron chi connectivity index (χ0n) is 41.8. The van der Waals surface area contributed by atoms with Crippen LogP contribution >= 0.6 is 0 Å². The fourth-order valence-corrected chi connectivity index (χ4v) is 7.10. The van der Waals surface area contributed by atoms with Crippen LogP contribution < -0.4 is 0 Å². The Morgan fingerprint density at radius 3 is 1.02 bits per heavy atom. The van der Waals surface area contributed by atoms with Crippen molar-refractivity contribution in [3.63, 3.8) is 0 Å². The zero-order chi connectivity index (χ0) is 46.5. The van der Waals surface area contributed by atoms with Gasteiger partial charge in [-0.15, -0.1) is 0 Å². The minimum Gasteiger partial charge on any atom is -0.462 e. The van der Waals surface area contributed by atoms with Gasteiger partial charge < -0.3 is 14.2 Å². The van der Waals surface area contributed by atoms with Crippen LogP contribution in [0, 0.1) is 0 Å². The Labute approximate surface area is 395 Å². The van der Waals surface area contributed by atoms with Gasteiger partial charge in [-0.2, -0.15) is 0 Å². The Kier molecular flexibility index (Phi) is 49.4. The Morgan fingerprint density at radius 1 is 0.328 bits per heavy atom. The van der Waals surface area contributed by atoms with E-state index in [2.05, 4.69) is 106 Å². The van der Waals surface area contributed by atoms with Crippen LogP contribution in [-0.4, -0.2) is 37.2 Å². The summed E-state index contributed by atoms with van der Waals surface area (Å²) in [4.78, 5) is 38.0. The van der Waals surface area contributed by atoms with Crippen LogP contribution in [0.25, 0.3) is 0 Å². The van der Waals surface area contributed by atoms with E-state index in [0.29, 0.717) is 12.8 Å². The SMILES string of the molecule is CC/C=C\C/C=C\C/C=C\C/C=C\CCCCCC(=O)OC(COC(=O)CCCCC/C=C\CCCCCCCC)COC(=O)CCCCCCCCC/C=C\C/C=C\CCCCC. The number of carbonyl (C=O) groups is 3. The van der Waals surface area contributed by atoms with Gasteiger partial charge in [0.25, 0.3) is 0 Å². The molecule has 0 spiro atoms. The first kappa shape index (κ1) is 60.6. The van der Waals surface area contributed by atoms with Crippen LogP contribution in [0.15, 0.2) is 85.1 Å². The maximum Gasteiger partial charge on any atom is 0.306 e. The zero-order valence-corrected chi connectivity index (χ0v) is 41.8. The molecule has 0 N–H and O–H groups in total. The van der Waals surface area contributed by atoms with E-state index in [0.717, 1.165) is 116 Å². The molecule has 64 heavy (non-hydrogen) atoms. The summed E-state index contributed by atoms with van der Waals surface area (Å²) < 4.78 is 16.8. The van der Waals surface area contributed by atoms with E-state index in [1.165, 1.54) is 89.9 Å². The lowest BCUT2D eigenvalue weighted by atomic mass is 10.1. The topological polar surface area (TPSA) is 78.9 Å². The highest BCUT2D eigenvalue weighted by Gasteiger charge is 2.19. The predicted octanol–water partition coefficient (Wildman–Crippen LogP) is 17.6. The summed E-state index contributed by atoms with van der Waals surface area (Å²) in [6.45, 7) is 6.44. The fourth-order valence-electron chi connectivity index (χ4n) is 7.10. The van der Waals surface area contributed by atoms with E-state index in [4.69, 9.17) is 14.2 Å². The third kappa shape index (κ3) is 49.6. The number of unbranched alkanes of at least 4 members (excludes halogenated alkanes) is 22. The number of rotatable bonds is 47. The minimum absolute atomic E-state index is 0.0988. The molecule has 0 aliphatic rings. The van der Waals surface area contributed by atoms with E-state index in [1.54, 1.807) is 0 Å². The van der Waals surface area contributed by atoms with Crippen LogP contribution in [-0.2, 0) is 28.6 Å². The normalized spacial score (nSPS) is 12.7. The summed E-state index contributed by atoms with van der Waals surface area (Å²) in [7, 11) is 0. The van der Waals surface area contributed by atoms with Crippen LogP contribution in [0.3, 0.4) is 0 Å². The molecule has 0 bridgehead atoms. The van der Waals surface area contributed by atoms with Crippen LogP contribution in [0.1, 0.15) is 245 Å². The standard InChI is InChI=1S/C58H98O6/c1-4-7-10-13-16-19-22-25-27-29-31-33-36-39-42-45-48-51-57(60)63-54-55(53-62-56(59)50-47-44-41-38-35-32-24-21-18-15-12-9-6-3)64-58(61)52-49-46-43-40-37-34-30-28-26-23-20-17-14-11-8-5-2/h8,11,16-17,19-20,25-28,32,34-35,37,55H,4-7,9-10,12-15,18,21-24,29-31,33,36,38-54H2,1-3H3/b11-8-,19-16-,20-17-,27-25-,28-26-,35-32-,37-34-. The molecule has 0 aromatic carbocycles. The highest BCUT2D eigenvalue weighted by molar-refractivity contribution is 5.71. The summed E-state index contributed by atoms with van der Waals surface area (Å²) in [5.41, 5.74) is 0. The Morgan fingerprint density at radius 2 is 0.609 bits per heavy atom. The van der Waals surface area contributed by atoms with E-state index in [-0.39, 0.29) is 37.5 Å². The molecule has 0 heterocycles. The molecular weight excluding hydrogens is 793 g/mol. The number of allylic oxidation sites excluding steroid dienone is 14. The number of hydrogen-bond donors (Lipinski definition) is 0. The molecule has 0 radical (unpaired) electrons. The van der Waals surface area contributed by atoms with E-state index < -0.39 is 6.10 Å². The van der Waals surface area contributed by atoms with E-state index >= 15 is 0 Å². The quantitative estimate of drug-likeness (QED) is 0.0262. The third-order valence-corrected chi connectivity index (χ3v) is 11.1. The maximum atomic E-state index is 12.8. The molecular formula is C58H98O6. The highest BCUT2D eigenvalue weighted by Crippen LogP contribution is 2.13. The van der Waals surface area contributed by atoms with Crippen molar-refractivity contribution >= 4 is 17.9 Å². The lowest BCUT2D eigenvalue weighted by molar-refractivity contribution is -0.167. The molecule has 0 fully saturated rings. The van der Waals surface area contributed by atoms with Crippen LogP contribution in [0.4, 0.5) is 0 Å². The van der Waals surface area contributed by atoms with E-state index in [9.17, 15) is 14.4 Å². The number of esters is 3. The van der Waals surface area contributed by atoms with Gasteiger partial charge in [0.1, 0.15) is 13.2 Å². The van der Waals surface area contributed by atoms with Crippen molar-refractivity contribution in [1.82, 2.24) is 0 Å². The van der Waals surface area contributed by atoms with Gasteiger partial charge >= 0.3 is 17.9 Å². The molecule has 0 aliphatic heterocycles. The Hall–Kier alpha value is -3.41. The molecule has 0 aliphatic carbocycles. The van der Waals surface area contributed by atoms with Gasteiger partial charge in [0, 0.05) is 19.3 Å². The van der Waals surface area contributed by atoms with Gasteiger partial charge in [0.2, 0.25) is 0 Å². The smallest absolute Gasteiger partial charge is 0.306 e. The number of ether oxygens (including phenoxy) is 3. The first-order valence-electron chi connectivity index (χ1n) is 26.6. The second-order valence-corrected chi connectivity index (χ2v) is 17.4. The summed E-state index contributed by atoms with van der Waals surface area (Å²) >= 11 is 0. The fraction of sp³-hybridized carbons (Fsp3) is 0.707. The molecule has 366 valence electrons. The summed E-state index contributed by atoms with van der Waals surface area (Å²) in [6.07, 6.45) is 67.1. The molecule has 0 saturated heterocycles. The van der Waals surface area contributed by atoms with Gasteiger partial charge in [-0.1, -0.05) is 196 Å². The minimum atomic E-state index is -0.802. The van der Waals surface area contributed by atoms with Crippen LogP contribution in [0.5, 0.6) is 0 Å². The monoisotopic (exact) mass is 891 g/mol. The lowest BCUT2D eigenvalue weighted by Gasteiger charge is -2.18. The molecule has 1 unspecified atom stereocenters. The Bertz CT molecular complexity index is 1250. The number of carbonyl (C=O) groups excluding carboxylic acids is 3. The van der Waals surface area contributed by atoms with Crippen molar-refractivity contribution in [1.29, 1.82) is 0 Å². The highest BCUT2D eigenvalue weighted by atomic mass is 16.6. The van der Waals surface area contributed by atoms with Gasteiger partial charge in [0.15, 0.2) is 6.10 Å². The maximum absolute atomic E-state index is 12.8. The first-order valence-corrected chi connectivity index (χ1v) is 26.6. The van der Waals surface area contributed by atoms with E-state index in [1.807, 2.05) is 0 Å². The van der Waals surface area contributed by atoms with Gasteiger partial charge in [0.05, 0.1) is 0 Å². The molecule has 6 heteroatoms. The predicted molar refractivity (Wildman–Crippen MR) is 274 cm³/mol. The van der Waals surface area contributed by atoms with Gasteiger partial charge in [-0.05, 0) is 116 Å². The number of hydrogen-bond acceptors (Lipinski definition) is 6. The van der Waals surface area contributed by atoms with Gasteiger partial charge in [-0.3, -0.25) is 14.4 Å². The molecule has 1 atom stereocenters. The molecule has 0 aromatic rings. The molecule has 0 amide bonds. The van der Waals surface area contributed by atoms with Crippen molar-refractivity contribution in [2.24, 2.45) is 0 Å². The second kappa shape index (κ2) is 52.2. The second-order valence-electron chi connectivity index (χ2n) is 17.4. The third-order valence-electron chi connectivity index (χ3n) is 11.1. The van der Waals surface area contributed by atoms with Crippen molar-refractivity contribution in [2.45, 2.75) is 252 Å². The summed E-state index contributed by atoms with van der Waals surface area (Å²) in [6, 6.07) is 0. The molecule has 0 rings (SSSR count). The Balaban J connectivity index is 4.47. The van der Waals surface area contributed by atoms with Crippen molar-refractivity contribution in [3.8, 4) is 0 Å². The van der Waals surface area contributed by atoms with Crippen LogP contribution in [0.2, 0.25) is 0 Å². The van der Waals surface area contributed by atoms with Gasteiger partial charge in [-0.25, -0.2) is 0 Å². The lowest BCUT2D eigenvalue weighted by Crippen LogP contribution is -2.30. The average molecular weight is 891 g/mol. The average Bonchev–Trinajstić information content (AvgIpc) is 3.29. The summed E-state index contributed by atoms with van der Waals surface area (Å²) in [5.74, 6) is -0.954. The molecule has 0 aromatic heterocycles. The first-order chi connectivity index (χ1) is 31.5. The van der Waals surface area contributed by atoms with Crippen molar-refractivity contribution in [2.75, 3.05) is 13.2 Å². The molecule has 0 saturated carbocycles.